The first kappa shape index (κ1) is 22.0. The van der Waals surface area contributed by atoms with Gasteiger partial charge in [0.2, 0.25) is 0 Å². The molecule has 148 valence electrons. The van der Waals surface area contributed by atoms with Crippen LogP contribution < -0.4 is 4.74 Å². The average molecular weight is 564 g/mol. The van der Waals surface area contributed by atoms with Gasteiger partial charge in [0, 0.05) is 39.2 Å². The van der Waals surface area contributed by atoms with E-state index in [1.807, 2.05) is 66.7 Å². The number of ether oxygens (including phenoxy) is 1. The monoisotopic (exact) mass is 564 g/mol. The van der Waals surface area contributed by atoms with Gasteiger partial charge < -0.3 is 14.8 Å². The normalized spacial score (nSPS) is 9.38. The summed E-state index contributed by atoms with van der Waals surface area (Å²) in [6.45, 7) is 0. The van der Waals surface area contributed by atoms with Crippen molar-refractivity contribution in [2.75, 3.05) is 0 Å². The molecule has 0 spiro atoms. The summed E-state index contributed by atoms with van der Waals surface area (Å²) in [6.07, 6.45) is 3.21. The van der Waals surface area contributed by atoms with Crippen LogP contribution in [0.3, 0.4) is 0 Å². The van der Waals surface area contributed by atoms with Crippen LogP contribution in [0.5, 0.6) is 11.5 Å². The van der Waals surface area contributed by atoms with Gasteiger partial charge in [0.25, 0.3) is 0 Å². The van der Waals surface area contributed by atoms with E-state index in [4.69, 9.17) is 9.84 Å². The molecule has 2 aromatic heterocycles. The summed E-state index contributed by atoms with van der Waals surface area (Å²) in [5.41, 5.74) is 1.80. The van der Waals surface area contributed by atoms with Crippen LogP contribution in [0, 0.1) is 6.07 Å². The number of carbonyl (C=O) groups is 1. The number of carboxylic acid groups (broad SMARTS) is 1. The van der Waals surface area contributed by atoms with Gasteiger partial charge in [0.15, 0.2) is 0 Å². The molecule has 2 aromatic carbocycles. The van der Waals surface area contributed by atoms with E-state index >= 15 is 0 Å². The number of carboxylic acids is 1. The van der Waals surface area contributed by atoms with Gasteiger partial charge in [-0.05, 0) is 36.0 Å². The quantitative estimate of drug-likeness (QED) is 0.349. The first-order chi connectivity index (χ1) is 13.7. The van der Waals surface area contributed by atoms with Crippen LogP contribution in [-0.2, 0) is 21.1 Å². The smallest absolute Gasteiger partial charge is 0.354 e. The van der Waals surface area contributed by atoms with Crippen molar-refractivity contribution in [3.8, 4) is 22.8 Å². The van der Waals surface area contributed by atoms with Gasteiger partial charge >= 0.3 is 5.97 Å². The number of aromatic carboxylic acids is 1. The van der Waals surface area contributed by atoms with Crippen molar-refractivity contribution >= 4 is 5.97 Å². The van der Waals surface area contributed by atoms with Crippen molar-refractivity contribution in [1.82, 2.24) is 9.97 Å². The van der Waals surface area contributed by atoms with Crippen molar-refractivity contribution in [2.45, 2.75) is 0 Å². The third kappa shape index (κ3) is 6.66. The largest absolute Gasteiger partial charge is 0.502 e. The number of para-hydroxylation sites is 1. The van der Waals surface area contributed by atoms with Crippen LogP contribution in [0.2, 0.25) is 0 Å². The van der Waals surface area contributed by atoms with E-state index in [0.717, 1.165) is 22.8 Å². The van der Waals surface area contributed by atoms with E-state index < -0.39 is 5.97 Å². The van der Waals surface area contributed by atoms with E-state index in [0.29, 0.717) is 0 Å². The van der Waals surface area contributed by atoms with Crippen molar-refractivity contribution in [3.05, 3.63) is 109 Å². The molecule has 5 nitrogen and oxygen atoms in total. The molecule has 1 N–H and O–H groups in total. The Kier molecular flexibility index (Phi) is 8.74. The fourth-order valence-corrected chi connectivity index (χ4v) is 2.32. The molecule has 0 aliphatic rings. The van der Waals surface area contributed by atoms with E-state index in [1.54, 1.807) is 18.3 Å². The molecular weight excluding hydrogens is 547 g/mol. The predicted molar refractivity (Wildman–Crippen MR) is 106 cm³/mol. The second-order valence-corrected chi connectivity index (χ2v) is 5.56. The Morgan fingerprint density at radius 3 is 2.10 bits per heavy atom. The van der Waals surface area contributed by atoms with Crippen LogP contribution >= 0.6 is 0 Å². The maximum absolute atomic E-state index is 10.1. The molecule has 0 saturated heterocycles. The van der Waals surface area contributed by atoms with Crippen molar-refractivity contribution < 1.29 is 35.7 Å². The molecule has 0 saturated carbocycles. The second-order valence-electron chi connectivity index (χ2n) is 5.56. The minimum absolute atomic E-state index is 0. The third-order valence-electron chi connectivity index (χ3n) is 3.59. The number of aromatic nitrogens is 2. The summed E-state index contributed by atoms with van der Waals surface area (Å²) >= 11 is 0. The topological polar surface area (TPSA) is 72.3 Å². The Labute approximate surface area is 183 Å². The summed E-state index contributed by atoms with van der Waals surface area (Å²) < 4.78 is 5.89. The molecule has 0 unspecified atom stereocenters. The zero-order chi connectivity index (χ0) is 19.6. The molecule has 2 heterocycles. The van der Waals surface area contributed by atoms with Crippen molar-refractivity contribution in [3.63, 3.8) is 0 Å². The summed E-state index contributed by atoms with van der Waals surface area (Å²) in [5, 5.41) is 8.32. The third-order valence-corrected chi connectivity index (χ3v) is 3.59. The number of nitrogens with zero attached hydrogens (tertiary/aromatic N) is 2. The molecule has 0 bridgehead atoms. The maximum atomic E-state index is 10.1. The maximum Gasteiger partial charge on any atom is 0.354 e. The zero-order valence-corrected chi connectivity index (χ0v) is 17.5. The summed E-state index contributed by atoms with van der Waals surface area (Å²) in [4.78, 5) is 18.1. The van der Waals surface area contributed by atoms with E-state index in [2.05, 4.69) is 16.0 Å². The predicted octanol–water partition coefficient (Wildman–Crippen LogP) is 5.12. The molecule has 0 fully saturated rings. The van der Waals surface area contributed by atoms with Crippen LogP contribution in [0.1, 0.15) is 10.5 Å². The molecule has 6 heteroatoms. The van der Waals surface area contributed by atoms with Gasteiger partial charge in [-0.25, -0.2) is 9.78 Å². The number of hydrogen-bond acceptors (Lipinski definition) is 4. The Hall–Kier alpha value is -3.30. The average Bonchev–Trinajstić information content (AvgIpc) is 2.77. The van der Waals surface area contributed by atoms with Gasteiger partial charge in [-0.1, -0.05) is 42.0 Å². The SMILES string of the molecule is O=C(O)c1ccccn1.[Pt].[c-]1cccc(Oc2ccccc2)c1-c1ccccn1. The van der Waals surface area contributed by atoms with Crippen LogP contribution in [-0.4, -0.2) is 21.0 Å². The molecular formula is C23H17N2O3Pt-. The molecule has 0 aliphatic heterocycles. The molecule has 4 rings (SSSR count). The molecule has 4 aromatic rings. The summed E-state index contributed by atoms with van der Waals surface area (Å²) in [7, 11) is 0. The van der Waals surface area contributed by atoms with Gasteiger partial charge in [-0.3, -0.25) is 0 Å². The van der Waals surface area contributed by atoms with Crippen LogP contribution in [0.15, 0.2) is 97.3 Å². The van der Waals surface area contributed by atoms with Gasteiger partial charge in [-0.2, -0.15) is 0 Å². The van der Waals surface area contributed by atoms with Gasteiger partial charge in [0.1, 0.15) is 11.4 Å². The first-order valence-corrected chi connectivity index (χ1v) is 8.53. The molecule has 29 heavy (non-hydrogen) atoms. The minimum Gasteiger partial charge on any atom is -0.502 e. The Balaban J connectivity index is 0.000000255. The Morgan fingerprint density at radius 2 is 1.52 bits per heavy atom. The second kappa shape index (κ2) is 11.5. The number of rotatable bonds is 4. The fraction of sp³-hybridized carbons (Fsp3) is 0. The molecule has 0 amide bonds. The number of hydrogen-bond donors (Lipinski definition) is 1. The zero-order valence-electron chi connectivity index (χ0n) is 15.2. The Bertz CT molecular complexity index is 1010. The van der Waals surface area contributed by atoms with Crippen molar-refractivity contribution in [1.29, 1.82) is 0 Å². The summed E-state index contributed by atoms with van der Waals surface area (Å²) in [5.74, 6) is 0.572. The number of benzene rings is 2. The first-order valence-electron chi connectivity index (χ1n) is 8.53. The number of pyridine rings is 2. The molecule has 0 radical (unpaired) electrons. The fourth-order valence-electron chi connectivity index (χ4n) is 2.32. The molecule has 0 atom stereocenters. The summed E-state index contributed by atoms with van der Waals surface area (Å²) in [6, 6.07) is 29.1. The minimum atomic E-state index is -0.990. The Morgan fingerprint density at radius 1 is 0.828 bits per heavy atom. The van der Waals surface area contributed by atoms with Crippen LogP contribution in [0.25, 0.3) is 11.3 Å². The van der Waals surface area contributed by atoms with E-state index in [-0.39, 0.29) is 26.8 Å². The van der Waals surface area contributed by atoms with Crippen LogP contribution in [0.4, 0.5) is 0 Å². The van der Waals surface area contributed by atoms with Gasteiger partial charge in [0.05, 0.1) is 0 Å². The molecule has 0 aliphatic carbocycles. The van der Waals surface area contributed by atoms with Crippen molar-refractivity contribution in [2.24, 2.45) is 0 Å². The van der Waals surface area contributed by atoms with Gasteiger partial charge in [-0.15, -0.1) is 24.3 Å². The standard InChI is InChI=1S/C17H12NO.C6H5NO2.Pt/c1-2-8-14(9-3-1)19-17-12-5-4-10-15(17)16-11-6-7-13-18-16;8-6(9)5-3-1-2-4-7-5;/h1-9,11-13H;1-4H,(H,8,9);/q-1;;. The van der Waals surface area contributed by atoms with E-state index in [1.165, 1.54) is 12.3 Å². The van der Waals surface area contributed by atoms with E-state index in [9.17, 15) is 4.79 Å².